The second kappa shape index (κ2) is 2.28. The maximum atomic E-state index is 10.4. The molecular formula is C5H10NO. The summed E-state index contributed by atoms with van der Waals surface area (Å²) in [6.45, 7) is 0.925. The van der Waals surface area contributed by atoms with Crippen molar-refractivity contribution in [2.75, 3.05) is 6.54 Å². The number of hydrogen-bond acceptors (Lipinski definition) is 1. The molecule has 1 aliphatic heterocycles. The summed E-state index contributed by atoms with van der Waals surface area (Å²) in [5, 5.41) is 13.3. The average Bonchev–Trinajstić information content (AvgIpc) is 1.69. The van der Waals surface area contributed by atoms with Crippen molar-refractivity contribution in [3.63, 3.8) is 0 Å². The normalized spacial score (nSPS) is 33.0. The van der Waals surface area contributed by atoms with E-state index in [0.29, 0.717) is 0 Å². The van der Waals surface area contributed by atoms with Crippen LogP contribution in [0.2, 0.25) is 0 Å². The van der Waals surface area contributed by atoms with E-state index in [1.165, 1.54) is 6.42 Å². The van der Waals surface area contributed by atoms with Crippen molar-refractivity contribution < 1.29 is 5.11 Å². The van der Waals surface area contributed by atoms with Crippen LogP contribution in [0.4, 0.5) is 0 Å². The summed E-state index contributed by atoms with van der Waals surface area (Å²) >= 11 is 0. The highest BCUT2D eigenvalue weighted by molar-refractivity contribution is 4.60. The van der Waals surface area contributed by atoms with Gasteiger partial charge in [-0.1, -0.05) is 0 Å². The van der Waals surface area contributed by atoms with E-state index in [4.69, 9.17) is 0 Å². The van der Waals surface area contributed by atoms with Crippen LogP contribution in [0.15, 0.2) is 0 Å². The summed E-state index contributed by atoms with van der Waals surface area (Å²) in [4.78, 5) is 0. The van der Waals surface area contributed by atoms with Crippen LogP contribution in [0.3, 0.4) is 0 Å². The fraction of sp³-hybridized carbons (Fsp3) is 1.00. The zero-order valence-corrected chi connectivity index (χ0v) is 4.31. The van der Waals surface area contributed by atoms with E-state index in [-0.39, 0.29) is 0 Å². The minimum Gasteiger partial charge on any atom is -0.289 e. The second-order valence-corrected chi connectivity index (χ2v) is 1.94. The summed E-state index contributed by atoms with van der Waals surface area (Å²) in [6, 6.07) is 0. The third-order valence-corrected chi connectivity index (χ3v) is 1.27. The molecule has 1 aliphatic rings. The molecule has 0 aromatic rings. The molecule has 0 aromatic heterocycles. The summed E-state index contributed by atoms with van der Waals surface area (Å²) in [6.07, 6.45) is 2.65. The predicted molar refractivity (Wildman–Crippen MR) is 26.3 cm³/mol. The molecule has 0 spiro atoms. The molecule has 0 aliphatic carbocycles. The van der Waals surface area contributed by atoms with Crippen LogP contribution in [0.5, 0.6) is 0 Å². The minimum atomic E-state index is -0.464. The standard InChI is InChI=1S/C5H10NO/c7-5-3-1-2-4-6-5/h5-6H,1-4H2. The Hall–Kier alpha value is -0.0800. The van der Waals surface area contributed by atoms with E-state index in [0.717, 1.165) is 19.4 Å². The van der Waals surface area contributed by atoms with E-state index in [9.17, 15) is 5.11 Å². The quantitative estimate of drug-likeness (QED) is 0.472. The molecule has 2 heteroatoms. The second-order valence-electron chi connectivity index (χ2n) is 1.94. The topological polar surface area (TPSA) is 31.9 Å². The fourth-order valence-electron chi connectivity index (χ4n) is 0.820. The summed E-state index contributed by atoms with van der Waals surface area (Å²) < 4.78 is 0. The van der Waals surface area contributed by atoms with Gasteiger partial charge in [0.25, 0.3) is 0 Å². The van der Waals surface area contributed by atoms with E-state index >= 15 is 0 Å². The van der Waals surface area contributed by atoms with E-state index in [1.807, 2.05) is 0 Å². The summed E-state index contributed by atoms with van der Waals surface area (Å²) in [5.74, 6) is 0. The first-order valence-corrected chi connectivity index (χ1v) is 2.79. The maximum absolute atomic E-state index is 10.4. The summed E-state index contributed by atoms with van der Waals surface area (Å²) in [7, 11) is 0. The lowest BCUT2D eigenvalue weighted by atomic mass is 10.1. The molecule has 1 heterocycles. The molecule has 1 saturated heterocycles. The smallest absolute Gasteiger partial charge is 0.143 e. The zero-order chi connectivity index (χ0) is 5.11. The summed E-state index contributed by atoms with van der Waals surface area (Å²) in [5.41, 5.74) is 0. The van der Waals surface area contributed by atoms with Crippen molar-refractivity contribution in [1.29, 1.82) is 0 Å². The van der Waals surface area contributed by atoms with Crippen LogP contribution in [0.1, 0.15) is 19.3 Å². The van der Waals surface area contributed by atoms with Gasteiger partial charge < -0.3 is 0 Å². The monoisotopic (exact) mass is 100 g/mol. The first-order valence-electron chi connectivity index (χ1n) is 2.79. The zero-order valence-electron chi connectivity index (χ0n) is 4.31. The van der Waals surface area contributed by atoms with Gasteiger partial charge in [-0.15, -0.1) is 0 Å². The lowest BCUT2D eigenvalue weighted by Crippen LogP contribution is -2.32. The van der Waals surface area contributed by atoms with Gasteiger partial charge in [-0.05, 0) is 25.8 Å². The van der Waals surface area contributed by atoms with Crippen LogP contribution < -0.4 is 5.32 Å². The molecule has 0 saturated carbocycles. The third-order valence-electron chi connectivity index (χ3n) is 1.27. The van der Waals surface area contributed by atoms with Crippen LogP contribution in [0.25, 0.3) is 0 Å². The number of rotatable bonds is 0. The van der Waals surface area contributed by atoms with Crippen molar-refractivity contribution in [1.82, 2.24) is 5.32 Å². The van der Waals surface area contributed by atoms with Crippen LogP contribution in [-0.4, -0.2) is 12.8 Å². The molecule has 7 heavy (non-hydrogen) atoms. The van der Waals surface area contributed by atoms with E-state index in [1.54, 1.807) is 0 Å². The minimum absolute atomic E-state index is 0.464. The Labute approximate surface area is 43.5 Å². The highest BCUT2D eigenvalue weighted by Gasteiger charge is 2.07. The number of piperidine rings is 1. The Balaban J connectivity index is 2.12. The van der Waals surface area contributed by atoms with Crippen LogP contribution >= 0.6 is 0 Å². The molecule has 1 rings (SSSR count). The van der Waals surface area contributed by atoms with Gasteiger partial charge in [0, 0.05) is 0 Å². The maximum Gasteiger partial charge on any atom is 0.143 e. The molecule has 1 radical (unpaired) electrons. The van der Waals surface area contributed by atoms with Crippen LogP contribution in [-0.2, 0) is 5.11 Å². The Bertz CT molecular complexity index is 50.0. The molecule has 0 aromatic carbocycles. The van der Waals surface area contributed by atoms with Gasteiger partial charge in [0.05, 0.1) is 0 Å². The highest BCUT2D eigenvalue weighted by atomic mass is 16.3. The van der Waals surface area contributed by atoms with Crippen molar-refractivity contribution in [3.8, 4) is 0 Å². The van der Waals surface area contributed by atoms with Gasteiger partial charge in [-0.25, -0.2) is 5.11 Å². The first kappa shape index (κ1) is 5.06. The molecule has 1 N–H and O–H groups in total. The van der Waals surface area contributed by atoms with Gasteiger partial charge in [-0.3, -0.25) is 5.32 Å². The lowest BCUT2D eigenvalue weighted by molar-refractivity contribution is 0.0371. The SMILES string of the molecule is [O]C1CCCCN1. The molecular weight excluding hydrogens is 90.1 g/mol. The van der Waals surface area contributed by atoms with Gasteiger partial charge in [0.15, 0.2) is 0 Å². The van der Waals surface area contributed by atoms with E-state index in [2.05, 4.69) is 5.32 Å². The predicted octanol–water partition coefficient (Wildman–Crippen LogP) is 0.516. The van der Waals surface area contributed by atoms with Crippen molar-refractivity contribution in [2.24, 2.45) is 0 Å². The van der Waals surface area contributed by atoms with Gasteiger partial charge in [-0.2, -0.15) is 0 Å². The Morgan fingerprint density at radius 3 is 2.57 bits per heavy atom. The van der Waals surface area contributed by atoms with Crippen molar-refractivity contribution in [2.45, 2.75) is 25.5 Å². The molecule has 1 unspecified atom stereocenters. The highest BCUT2D eigenvalue weighted by Crippen LogP contribution is 2.03. The van der Waals surface area contributed by atoms with Gasteiger partial charge >= 0.3 is 0 Å². The van der Waals surface area contributed by atoms with Gasteiger partial charge in [0.1, 0.15) is 6.23 Å². The molecule has 1 fully saturated rings. The van der Waals surface area contributed by atoms with Gasteiger partial charge in [0.2, 0.25) is 0 Å². The average molecular weight is 100 g/mol. The molecule has 1 atom stereocenters. The largest absolute Gasteiger partial charge is 0.289 e. The lowest BCUT2D eigenvalue weighted by Gasteiger charge is -2.14. The Morgan fingerprint density at radius 2 is 2.29 bits per heavy atom. The number of nitrogens with one attached hydrogen (secondary N) is 1. The Kier molecular flexibility index (Phi) is 1.65. The first-order chi connectivity index (χ1) is 3.39. The molecule has 0 bridgehead atoms. The molecule has 0 amide bonds. The number of hydrogen-bond donors (Lipinski definition) is 1. The fourth-order valence-corrected chi connectivity index (χ4v) is 0.820. The van der Waals surface area contributed by atoms with Crippen LogP contribution in [0, 0.1) is 0 Å². The van der Waals surface area contributed by atoms with Crippen molar-refractivity contribution in [3.05, 3.63) is 0 Å². The molecule has 41 valence electrons. The third kappa shape index (κ3) is 1.45. The van der Waals surface area contributed by atoms with Crippen molar-refractivity contribution >= 4 is 0 Å². The molecule has 2 nitrogen and oxygen atoms in total. The van der Waals surface area contributed by atoms with E-state index < -0.39 is 6.23 Å². The Morgan fingerprint density at radius 1 is 1.43 bits per heavy atom.